The van der Waals surface area contributed by atoms with Gasteiger partial charge in [-0.1, -0.05) is 0 Å². The lowest BCUT2D eigenvalue weighted by Gasteiger charge is -2.33. The van der Waals surface area contributed by atoms with Gasteiger partial charge in [-0.2, -0.15) is 0 Å². The molecular formula is C11H24N2O3S. The topological polar surface area (TPSA) is 83.6 Å². The highest BCUT2D eigenvalue weighted by molar-refractivity contribution is 7.91. The molecule has 17 heavy (non-hydrogen) atoms. The fourth-order valence-corrected chi connectivity index (χ4v) is 3.76. The smallest absolute Gasteiger partial charge is 0.153 e. The third kappa shape index (κ3) is 4.91. The van der Waals surface area contributed by atoms with Gasteiger partial charge in [-0.3, -0.25) is 4.90 Å². The highest BCUT2D eigenvalue weighted by Gasteiger charge is 2.28. The van der Waals surface area contributed by atoms with Crippen molar-refractivity contribution in [3.63, 3.8) is 0 Å². The molecule has 102 valence electrons. The van der Waals surface area contributed by atoms with E-state index in [4.69, 9.17) is 5.73 Å². The molecule has 1 rings (SSSR count). The molecule has 0 aliphatic carbocycles. The molecule has 1 aliphatic heterocycles. The summed E-state index contributed by atoms with van der Waals surface area (Å²) in [5, 5.41) is 9.76. The van der Waals surface area contributed by atoms with E-state index < -0.39 is 15.4 Å². The second-order valence-electron chi connectivity index (χ2n) is 5.30. The molecule has 0 bridgehead atoms. The predicted molar refractivity (Wildman–Crippen MR) is 68.6 cm³/mol. The van der Waals surface area contributed by atoms with Crippen molar-refractivity contribution >= 4 is 9.84 Å². The summed E-state index contributed by atoms with van der Waals surface area (Å²) in [6, 6.07) is 0.0802. The minimum atomic E-state index is -2.83. The summed E-state index contributed by atoms with van der Waals surface area (Å²) in [7, 11) is -2.83. The summed E-state index contributed by atoms with van der Waals surface area (Å²) < 4.78 is 22.8. The molecule has 6 heteroatoms. The average molecular weight is 264 g/mol. The largest absolute Gasteiger partial charge is 0.389 e. The SMILES string of the molecule is CC1CS(=O)(=O)CCN1CCCC(C)(O)CN. The summed E-state index contributed by atoms with van der Waals surface area (Å²) >= 11 is 0. The zero-order chi connectivity index (χ0) is 13.1. The van der Waals surface area contributed by atoms with E-state index in [1.807, 2.05) is 6.92 Å². The minimum absolute atomic E-state index is 0.0802. The summed E-state index contributed by atoms with van der Waals surface area (Å²) in [4.78, 5) is 2.17. The number of nitrogens with two attached hydrogens (primary N) is 1. The summed E-state index contributed by atoms with van der Waals surface area (Å²) in [6.07, 6.45) is 1.49. The number of rotatable bonds is 5. The highest BCUT2D eigenvalue weighted by Crippen LogP contribution is 2.15. The molecule has 2 unspecified atom stereocenters. The van der Waals surface area contributed by atoms with Crippen molar-refractivity contribution in [2.75, 3.05) is 31.1 Å². The molecule has 0 saturated carbocycles. The molecular weight excluding hydrogens is 240 g/mol. The summed E-state index contributed by atoms with van der Waals surface area (Å²) in [6.45, 7) is 5.37. The van der Waals surface area contributed by atoms with Gasteiger partial charge in [0.05, 0.1) is 17.1 Å². The van der Waals surface area contributed by atoms with Crippen LogP contribution >= 0.6 is 0 Å². The van der Waals surface area contributed by atoms with E-state index in [0.717, 1.165) is 13.0 Å². The molecule has 1 heterocycles. The number of aliphatic hydroxyl groups is 1. The van der Waals surface area contributed by atoms with Crippen LogP contribution in [0.2, 0.25) is 0 Å². The predicted octanol–water partition coefficient (Wildman–Crippen LogP) is -0.405. The Labute approximate surface area is 104 Å². The van der Waals surface area contributed by atoms with E-state index in [-0.39, 0.29) is 24.1 Å². The van der Waals surface area contributed by atoms with Crippen molar-refractivity contribution < 1.29 is 13.5 Å². The lowest BCUT2D eigenvalue weighted by atomic mass is 10.0. The summed E-state index contributed by atoms with van der Waals surface area (Å²) in [5.41, 5.74) is 4.64. The van der Waals surface area contributed by atoms with Gasteiger partial charge in [0.1, 0.15) is 0 Å². The van der Waals surface area contributed by atoms with Crippen molar-refractivity contribution in [3.05, 3.63) is 0 Å². The van der Waals surface area contributed by atoms with Crippen LogP contribution in [0.25, 0.3) is 0 Å². The maximum Gasteiger partial charge on any atom is 0.153 e. The zero-order valence-corrected chi connectivity index (χ0v) is 11.5. The van der Waals surface area contributed by atoms with Gasteiger partial charge in [-0.15, -0.1) is 0 Å². The normalized spacial score (nSPS) is 28.8. The minimum Gasteiger partial charge on any atom is -0.389 e. The standard InChI is InChI=1S/C11H24N2O3S/c1-10-8-17(15,16)7-6-13(10)5-3-4-11(2,14)9-12/h10,14H,3-9,12H2,1-2H3. The molecule has 0 radical (unpaired) electrons. The molecule has 1 aliphatic rings. The van der Waals surface area contributed by atoms with Crippen LogP contribution in [0.3, 0.4) is 0 Å². The van der Waals surface area contributed by atoms with Crippen LogP contribution in [0.15, 0.2) is 0 Å². The molecule has 2 atom stereocenters. The fourth-order valence-electron chi connectivity index (χ4n) is 2.13. The van der Waals surface area contributed by atoms with E-state index in [1.54, 1.807) is 6.92 Å². The van der Waals surface area contributed by atoms with E-state index in [1.165, 1.54) is 0 Å². The number of hydrogen-bond donors (Lipinski definition) is 2. The fraction of sp³-hybridized carbons (Fsp3) is 1.00. The Bertz CT molecular complexity index is 341. The lowest BCUT2D eigenvalue weighted by Crippen LogP contribution is -2.47. The number of nitrogens with zero attached hydrogens (tertiary/aromatic N) is 1. The lowest BCUT2D eigenvalue weighted by molar-refractivity contribution is 0.0532. The van der Waals surface area contributed by atoms with Crippen molar-refractivity contribution in [1.29, 1.82) is 0 Å². The van der Waals surface area contributed by atoms with Crippen LogP contribution < -0.4 is 5.73 Å². The van der Waals surface area contributed by atoms with Gasteiger partial charge in [-0.05, 0) is 33.2 Å². The average Bonchev–Trinajstić information content (AvgIpc) is 2.20. The van der Waals surface area contributed by atoms with Crippen LogP contribution in [-0.4, -0.2) is 61.2 Å². The highest BCUT2D eigenvalue weighted by atomic mass is 32.2. The van der Waals surface area contributed by atoms with Crippen LogP contribution in [0.1, 0.15) is 26.7 Å². The Morgan fingerprint density at radius 3 is 2.71 bits per heavy atom. The van der Waals surface area contributed by atoms with Gasteiger partial charge < -0.3 is 10.8 Å². The Hall–Kier alpha value is -0.170. The first kappa shape index (κ1) is 14.9. The molecule has 0 aromatic carbocycles. The maximum absolute atomic E-state index is 11.4. The maximum atomic E-state index is 11.4. The monoisotopic (exact) mass is 264 g/mol. The molecule has 1 fully saturated rings. The van der Waals surface area contributed by atoms with E-state index >= 15 is 0 Å². The third-order valence-electron chi connectivity index (χ3n) is 3.41. The van der Waals surface area contributed by atoms with Crippen molar-refractivity contribution in [2.24, 2.45) is 5.73 Å². The van der Waals surface area contributed by atoms with Gasteiger partial charge in [0, 0.05) is 19.1 Å². The van der Waals surface area contributed by atoms with Crippen LogP contribution in [0.5, 0.6) is 0 Å². The van der Waals surface area contributed by atoms with Crippen LogP contribution in [0, 0.1) is 0 Å². The number of hydrogen-bond acceptors (Lipinski definition) is 5. The Morgan fingerprint density at radius 2 is 2.18 bits per heavy atom. The Morgan fingerprint density at radius 1 is 1.53 bits per heavy atom. The quantitative estimate of drug-likeness (QED) is 0.705. The molecule has 0 aromatic rings. The second kappa shape index (κ2) is 5.65. The van der Waals surface area contributed by atoms with Gasteiger partial charge in [0.25, 0.3) is 0 Å². The van der Waals surface area contributed by atoms with E-state index in [9.17, 15) is 13.5 Å². The van der Waals surface area contributed by atoms with E-state index in [0.29, 0.717) is 13.0 Å². The molecule has 3 N–H and O–H groups in total. The second-order valence-corrected chi connectivity index (χ2v) is 7.53. The summed E-state index contributed by atoms with van der Waals surface area (Å²) in [5.74, 6) is 0.505. The molecule has 5 nitrogen and oxygen atoms in total. The molecule has 0 amide bonds. The van der Waals surface area contributed by atoms with Crippen molar-refractivity contribution in [3.8, 4) is 0 Å². The molecule has 1 saturated heterocycles. The van der Waals surface area contributed by atoms with Crippen molar-refractivity contribution in [2.45, 2.75) is 38.3 Å². The van der Waals surface area contributed by atoms with Gasteiger partial charge in [-0.25, -0.2) is 8.42 Å². The Kier molecular flexibility index (Phi) is 4.95. The van der Waals surface area contributed by atoms with E-state index in [2.05, 4.69) is 4.90 Å². The molecule has 0 spiro atoms. The first-order valence-corrected chi connectivity index (χ1v) is 7.95. The van der Waals surface area contributed by atoms with Crippen molar-refractivity contribution in [1.82, 2.24) is 4.90 Å². The number of sulfone groups is 1. The van der Waals surface area contributed by atoms with Gasteiger partial charge in [0.2, 0.25) is 0 Å². The molecule has 0 aromatic heterocycles. The van der Waals surface area contributed by atoms with Crippen LogP contribution in [0.4, 0.5) is 0 Å². The third-order valence-corrected chi connectivity index (χ3v) is 5.20. The Balaban J connectivity index is 2.34. The van der Waals surface area contributed by atoms with Crippen LogP contribution in [-0.2, 0) is 9.84 Å². The zero-order valence-electron chi connectivity index (χ0n) is 10.7. The van der Waals surface area contributed by atoms with Gasteiger partial charge >= 0.3 is 0 Å². The first-order chi connectivity index (χ1) is 7.76. The van der Waals surface area contributed by atoms with Gasteiger partial charge in [0.15, 0.2) is 9.84 Å². The first-order valence-electron chi connectivity index (χ1n) is 6.13.